The lowest BCUT2D eigenvalue weighted by Crippen LogP contribution is -2.23. The van der Waals surface area contributed by atoms with Crippen LogP contribution in [0.25, 0.3) is 0 Å². The number of amides is 1. The van der Waals surface area contributed by atoms with Crippen molar-refractivity contribution in [3.63, 3.8) is 0 Å². The normalized spacial score (nSPS) is 10.3. The molecule has 5 heteroatoms. The summed E-state index contributed by atoms with van der Waals surface area (Å²) in [5, 5.41) is 4.67. The highest BCUT2D eigenvalue weighted by Gasteiger charge is 2.12. The molecule has 4 nitrogen and oxygen atoms in total. The molecular weight excluding hydrogens is 270 g/mol. The van der Waals surface area contributed by atoms with Crippen molar-refractivity contribution < 1.29 is 4.79 Å². The third-order valence-electron chi connectivity index (χ3n) is 3.17. The highest BCUT2D eigenvalue weighted by Crippen LogP contribution is 2.26. The van der Waals surface area contributed by atoms with Gasteiger partial charge in [0, 0.05) is 24.0 Å². The van der Waals surface area contributed by atoms with Crippen LogP contribution in [0.15, 0.2) is 35.7 Å². The second-order valence-corrected chi connectivity index (χ2v) is 5.48. The van der Waals surface area contributed by atoms with Gasteiger partial charge in [-0.05, 0) is 36.6 Å². The van der Waals surface area contributed by atoms with E-state index in [-0.39, 0.29) is 5.91 Å². The van der Waals surface area contributed by atoms with Crippen LogP contribution < -0.4 is 16.0 Å². The summed E-state index contributed by atoms with van der Waals surface area (Å²) in [5.74, 6) is -0.121. The summed E-state index contributed by atoms with van der Waals surface area (Å²) in [6.07, 6.45) is 0. The van der Waals surface area contributed by atoms with E-state index in [2.05, 4.69) is 28.6 Å². The average molecular weight is 289 g/mol. The maximum atomic E-state index is 11.6. The number of carbonyl (C=O) groups excluding carboxylic acids is 1. The second kappa shape index (κ2) is 6.43. The van der Waals surface area contributed by atoms with Crippen LogP contribution in [-0.4, -0.2) is 19.5 Å². The lowest BCUT2D eigenvalue weighted by molar-refractivity contribution is 0.0963. The van der Waals surface area contributed by atoms with Crippen LogP contribution in [-0.2, 0) is 6.54 Å². The van der Waals surface area contributed by atoms with Gasteiger partial charge in [-0.2, -0.15) is 0 Å². The standard InChI is InChI=1S/C15H19N3OS/c1-3-18(10-12-5-4-8-20-12)14-7-6-11(9-13(14)16)15(19)17-2/h4-9H,3,10,16H2,1-2H3,(H,17,19). The summed E-state index contributed by atoms with van der Waals surface area (Å²) in [6, 6.07) is 9.61. The van der Waals surface area contributed by atoms with Crippen molar-refractivity contribution >= 4 is 28.6 Å². The van der Waals surface area contributed by atoms with E-state index in [1.54, 1.807) is 24.5 Å². The van der Waals surface area contributed by atoms with Crippen molar-refractivity contribution in [1.29, 1.82) is 0 Å². The number of carbonyl (C=O) groups is 1. The highest BCUT2D eigenvalue weighted by molar-refractivity contribution is 7.09. The molecule has 0 atom stereocenters. The van der Waals surface area contributed by atoms with Crippen molar-refractivity contribution in [3.05, 3.63) is 46.2 Å². The van der Waals surface area contributed by atoms with E-state index >= 15 is 0 Å². The predicted molar refractivity (Wildman–Crippen MR) is 85.3 cm³/mol. The van der Waals surface area contributed by atoms with Crippen molar-refractivity contribution in [2.24, 2.45) is 0 Å². The Hall–Kier alpha value is -2.01. The molecule has 2 aromatic rings. The molecular formula is C15H19N3OS. The van der Waals surface area contributed by atoms with E-state index in [1.165, 1.54) is 4.88 Å². The largest absolute Gasteiger partial charge is 0.397 e. The molecule has 0 saturated heterocycles. The molecule has 1 aromatic carbocycles. The van der Waals surface area contributed by atoms with Crippen molar-refractivity contribution in [2.75, 3.05) is 24.2 Å². The Morgan fingerprint density at radius 1 is 1.40 bits per heavy atom. The zero-order valence-corrected chi connectivity index (χ0v) is 12.5. The first kappa shape index (κ1) is 14.4. The highest BCUT2D eigenvalue weighted by atomic mass is 32.1. The van der Waals surface area contributed by atoms with E-state index in [0.29, 0.717) is 11.3 Å². The third kappa shape index (κ3) is 3.11. The van der Waals surface area contributed by atoms with Crippen LogP contribution >= 0.6 is 11.3 Å². The number of nitrogens with two attached hydrogens (primary N) is 1. The van der Waals surface area contributed by atoms with Gasteiger partial charge >= 0.3 is 0 Å². The molecule has 20 heavy (non-hydrogen) atoms. The van der Waals surface area contributed by atoms with E-state index in [1.807, 2.05) is 18.2 Å². The van der Waals surface area contributed by atoms with Crippen LogP contribution in [0.4, 0.5) is 11.4 Å². The minimum absolute atomic E-state index is 0.121. The molecule has 0 fully saturated rings. The topological polar surface area (TPSA) is 58.4 Å². The molecule has 0 saturated carbocycles. The summed E-state index contributed by atoms with van der Waals surface area (Å²) in [5.41, 5.74) is 8.28. The molecule has 0 unspecified atom stereocenters. The first-order valence-corrected chi connectivity index (χ1v) is 7.42. The van der Waals surface area contributed by atoms with Crippen LogP contribution in [0.1, 0.15) is 22.2 Å². The Kier molecular flexibility index (Phi) is 4.63. The van der Waals surface area contributed by atoms with Gasteiger partial charge in [0.2, 0.25) is 0 Å². The molecule has 0 aliphatic heterocycles. The molecule has 0 spiro atoms. The fourth-order valence-electron chi connectivity index (χ4n) is 2.09. The van der Waals surface area contributed by atoms with Gasteiger partial charge in [0.25, 0.3) is 5.91 Å². The number of thiophene rings is 1. The summed E-state index contributed by atoms with van der Waals surface area (Å²) in [4.78, 5) is 15.1. The van der Waals surface area contributed by atoms with Gasteiger partial charge < -0.3 is 16.0 Å². The molecule has 106 valence electrons. The Labute approximate surface area is 123 Å². The van der Waals surface area contributed by atoms with Gasteiger partial charge in [0.05, 0.1) is 17.9 Å². The maximum Gasteiger partial charge on any atom is 0.251 e. The van der Waals surface area contributed by atoms with Crippen molar-refractivity contribution in [1.82, 2.24) is 5.32 Å². The van der Waals surface area contributed by atoms with Crippen LogP contribution in [0.5, 0.6) is 0 Å². The molecule has 2 rings (SSSR count). The number of anilines is 2. The summed E-state index contributed by atoms with van der Waals surface area (Å²) < 4.78 is 0. The Bertz CT molecular complexity index is 581. The lowest BCUT2D eigenvalue weighted by Gasteiger charge is -2.24. The van der Waals surface area contributed by atoms with E-state index < -0.39 is 0 Å². The van der Waals surface area contributed by atoms with E-state index in [0.717, 1.165) is 18.8 Å². The van der Waals surface area contributed by atoms with Crippen LogP contribution in [0.2, 0.25) is 0 Å². The fraction of sp³-hybridized carbons (Fsp3) is 0.267. The Morgan fingerprint density at radius 2 is 2.20 bits per heavy atom. The number of hydrogen-bond acceptors (Lipinski definition) is 4. The van der Waals surface area contributed by atoms with E-state index in [9.17, 15) is 4.79 Å². The Balaban J connectivity index is 2.24. The first-order chi connectivity index (χ1) is 9.65. The maximum absolute atomic E-state index is 11.6. The molecule has 0 aliphatic rings. The van der Waals surface area contributed by atoms with Gasteiger partial charge in [-0.15, -0.1) is 11.3 Å². The number of nitrogen functional groups attached to an aromatic ring is 1. The predicted octanol–water partition coefficient (Wildman–Crippen LogP) is 2.72. The van der Waals surface area contributed by atoms with Gasteiger partial charge in [-0.25, -0.2) is 0 Å². The molecule has 0 aliphatic carbocycles. The van der Waals surface area contributed by atoms with Gasteiger partial charge in [0.15, 0.2) is 0 Å². The molecule has 3 N–H and O–H groups in total. The molecule has 1 aromatic heterocycles. The minimum Gasteiger partial charge on any atom is -0.397 e. The zero-order valence-electron chi connectivity index (χ0n) is 11.7. The monoisotopic (exact) mass is 289 g/mol. The second-order valence-electron chi connectivity index (χ2n) is 4.45. The van der Waals surface area contributed by atoms with Gasteiger partial charge in [0.1, 0.15) is 0 Å². The number of rotatable bonds is 5. The van der Waals surface area contributed by atoms with Crippen molar-refractivity contribution in [3.8, 4) is 0 Å². The number of nitrogens with one attached hydrogen (secondary N) is 1. The van der Waals surface area contributed by atoms with Crippen LogP contribution in [0, 0.1) is 0 Å². The summed E-state index contributed by atoms with van der Waals surface area (Å²) >= 11 is 1.73. The lowest BCUT2D eigenvalue weighted by atomic mass is 10.1. The molecule has 1 amide bonds. The third-order valence-corrected chi connectivity index (χ3v) is 4.03. The number of benzene rings is 1. The number of nitrogens with zero attached hydrogens (tertiary/aromatic N) is 1. The zero-order chi connectivity index (χ0) is 14.5. The Morgan fingerprint density at radius 3 is 2.75 bits per heavy atom. The summed E-state index contributed by atoms with van der Waals surface area (Å²) in [7, 11) is 1.61. The first-order valence-electron chi connectivity index (χ1n) is 6.54. The quantitative estimate of drug-likeness (QED) is 0.832. The minimum atomic E-state index is -0.121. The van der Waals surface area contributed by atoms with Crippen molar-refractivity contribution in [2.45, 2.75) is 13.5 Å². The summed E-state index contributed by atoms with van der Waals surface area (Å²) in [6.45, 7) is 3.79. The van der Waals surface area contributed by atoms with E-state index in [4.69, 9.17) is 5.73 Å². The average Bonchev–Trinajstić information content (AvgIpc) is 2.97. The molecule has 0 radical (unpaired) electrons. The van der Waals surface area contributed by atoms with Crippen LogP contribution in [0.3, 0.4) is 0 Å². The SMILES string of the molecule is CCN(Cc1cccs1)c1ccc(C(=O)NC)cc1N. The molecule has 1 heterocycles. The van der Waals surface area contributed by atoms with Gasteiger partial charge in [-0.3, -0.25) is 4.79 Å². The van der Waals surface area contributed by atoms with Gasteiger partial charge in [-0.1, -0.05) is 6.07 Å². The molecule has 0 bridgehead atoms. The number of hydrogen-bond donors (Lipinski definition) is 2. The fourth-order valence-corrected chi connectivity index (χ4v) is 2.81. The smallest absolute Gasteiger partial charge is 0.251 e.